The minimum absolute atomic E-state index is 0.331. The van der Waals surface area contributed by atoms with E-state index in [9.17, 15) is 0 Å². The summed E-state index contributed by atoms with van der Waals surface area (Å²) in [4.78, 5) is 0.331. The molecule has 0 aliphatic carbocycles. The molecule has 1 aromatic carbocycles. The second kappa shape index (κ2) is 5.02. The normalized spacial score (nSPS) is 13.7. The Labute approximate surface area is 110 Å². The smallest absolute Gasteiger partial charge is 0.242 e. The fourth-order valence-corrected chi connectivity index (χ4v) is 3.35. The van der Waals surface area contributed by atoms with Crippen LogP contribution in [0.2, 0.25) is 19.6 Å². The van der Waals surface area contributed by atoms with E-state index in [1.165, 1.54) is 5.56 Å². The Balaban J connectivity index is 2.98. The summed E-state index contributed by atoms with van der Waals surface area (Å²) in [5.41, 5.74) is 1.23. The van der Waals surface area contributed by atoms with Gasteiger partial charge in [-0.3, -0.25) is 0 Å². The molecule has 0 fully saturated rings. The van der Waals surface area contributed by atoms with Crippen LogP contribution in [0.3, 0.4) is 0 Å². The van der Waals surface area contributed by atoms with Gasteiger partial charge in [0, 0.05) is 9.30 Å². The van der Waals surface area contributed by atoms with E-state index in [0.717, 1.165) is 10.2 Å². The largest absolute Gasteiger partial charge is 0.544 e. The van der Waals surface area contributed by atoms with Crippen molar-refractivity contribution in [2.75, 3.05) is 0 Å². The lowest BCUT2D eigenvalue weighted by Crippen LogP contribution is -2.29. The van der Waals surface area contributed by atoms with Gasteiger partial charge in [-0.05, 0) is 50.3 Å². The molecular formula is C11H16Br2OSi. The van der Waals surface area contributed by atoms with Crippen LogP contribution in [0.1, 0.15) is 17.3 Å². The summed E-state index contributed by atoms with van der Waals surface area (Å²) < 4.78 is 7.06. The first-order valence-electron chi connectivity index (χ1n) is 4.92. The Morgan fingerprint density at radius 3 is 2.33 bits per heavy atom. The Morgan fingerprint density at radius 1 is 1.27 bits per heavy atom. The Kier molecular flexibility index (Phi) is 4.44. The number of rotatable bonds is 3. The maximum Gasteiger partial charge on any atom is 0.242 e. The lowest BCUT2D eigenvalue weighted by atomic mass is 10.2. The molecule has 15 heavy (non-hydrogen) atoms. The van der Waals surface area contributed by atoms with Crippen LogP contribution in [0, 0.1) is 0 Å². The molecule has 1 rings (SSSR count). The molecule has 0 aliphatic rings. The van der Waals surface area contributed by atoms with Gasteiger partial charge in [0.15, 0.2) is 0 Å². The van der Waals surface area contributed by atoms with Crippen molar-refractivity contribution in [1.82, 2.24) is 0 Å². The average molecular weight is 352 g/mol. The Bertz CT molecular complexity index is 345. The molecule has 0 amide bonds. The summed E-state index contributed by atoms with van der Waals surface area (Å²) in [7, 11) is -1.50. The third kappa shape index (κ3) is 4.29. The topological polar surface area (TPSA) is 9.23 Å². The van der Waals surface area contributed by atoms with Crippen molar-refractivity contribution in [2.24, 2.45) is 0 Å². The van der Waals surface area contributed by atoms with Gasteiger partial charge in [-0.25, -0.2) is 0 Å². The van der Waals surface area contributed by atoms with Gasteiger partial charge >= 0.3 is 0 Å². The maximum atomic E-state index is 5.94. The Hall–Kier alpha value is 0.197. The molecule has 1 aromatic rings. The van der Waals surface area contributed by atoms with E-state index in [0.29, 0.717) is 4.83 Å². The zero-order chi connectivity index (χ0) is 11.6. The number of hydrogen-bond donors (Lipinski definition) is 0. The Morgan fingerprint density at radius 2 is 1.87 bits per heavy atom. The summed E-state index contributed by atoms with van der Waals surface area (Å²) in [5.74, 6) is 0.971. The van der Waals surface area contributed by atoms with Gasteiger partial charge in [0.2, 0.25) is 8.32 Å². The van der Waals surface area contributed by atoms with Crippen LogP contribution in [-0.2, 0) is 0 Å². The SMILES string of the molecule is CC(Br)c1cc(O[Si](C)(C)C)ccc1Br. The van der Waals surface area contributed by atoms with E-state index in [4.69, 9.17) is 4.43 Å². The molecule has 84 valence electrons. The minimum atomic E-state index is -1.50. The van der Waals surface area contributed by atoms with Crippen molar-refractivity contribution in [3.63, 3.8) is 0 Å². The monoisotopic (exact) mass is 350 g/mol. The highest BCUT2D eigenvalue weighted by Crippen LogP contribution is 2.32. The molecule has 1 unspecified atom stereocenters. The van der Waals surface area contributed by atoms with Crippen molar-refractivity contribution in [3.8, 4) is 5.75 Å². The van der Waals surface area contributed by atoms with E-state index in [2.05, 4.69) is 64.5 Å². The van der Waals surface area contributed by atoms with Crippen LogP contribution in [0.25, 0.3) is 0 Å². The molecule has 1 nitrogen and oxygen atoms in total. The second-order valence-electron chi connectivity index (χ2n) is 4.51. The van der Waals surface area contributed by atoms with Crippen LogP contribution in [0.5, 0.6) is 5.75 Å². The van der Waals surface area contributed by atoms with Crippen molar-refractivity contribution in [3.05, 3.63) is 28.2 Å². The highest BCUT2D eigenvalue weighted by Gasteiger charge is 2.17. The van der Waals surface area contributed by atoms with Crippen molar-refractivity contribution in [1.29, 1.82) is 0 Å². The van der Waals surface area contributed by atoms with Crippen LogP contribution in [-0.4, -0.2) is 8.32 Å². The molecule has 0 N–H and O–H groups in total. The molecule has 0 bridgehead atoms. The summed E-state index contributed by atoms with van der Waals surface area (Å²) in [6.07, 6.45) is 0. The van der Waals surface area contributed by atoms with Crippen LogP contribution >= 0.6 is 31.9 Å². The van der Waals surface area contributed by atoms with Gasteiger partial charge in [0.25, 0.3) is 0 Å². The third-order valence-corrected chi connectivity index (χ3v) is 3.88. The van der Waals surface area contributed by atoms with Crippen molar-refractivity contribution < 1.29 is 4.43 Å². The maximum absolute atomic E-state index is 5.94. The first-order valence-corrected chi connectivity index (χ1v) is 10.0. The first kappa shape index (κ1) is 13.3. The van der Waals surface area contributed by atoms with E-state index in [-0.39, 0.29) is 0 Å². The predicted octanol–water partition coefficient (Wildman–Crippen LogP) is 5.12. The van der Waals surface area contributed by atoms with Gasteiger partial charge in [-0.15, -0.1) is 0 Å². The van der Waals surface area contributed by atoms with Crippen LogP contribution < -0.4 is 4.43 Å². The third-order valence-electron chi connectivity index (χ3n) is 1.82. The van der Waals surface area contributed by atoms with Gasteiger partial charge < -0.3 is 4.43 Å². The second-order valence-corrected chi connectivity index (χ2v) is 11.2. The molecule has 0 aromatic heterocycles. The molecule has 1 atom stereocenters. The number of benzene rings is 1. The lowest BCUT2D eigenvalue weighted by Gasteiger charge is -2.20. The number of alkyl halides is 1. The molecule has 0 heterocycles. The number of hydrogen-bond acceptors (Lipinski definition) is 1. The summed E-state index contributed by atoms with van der Waals surface area (Å²) in [6, 6.07) is 6.16. The van der Waals surface area contributed by atoms with E-state index < -0.39 is 8.32 Å². The summed E-state index contributed by atoms with van der Waals surface area (Å²) >= 11 is 7.11. The van der Waals surface area contributed by atoms with Gasteiger partial charge in [-0.1, -0.05) is 31.9 Å². The first-order chi connectivity index (χ1) is 6.79. The fourth-order valence-electron chi connectivity index (χ4n) is 1.24. The minimum Gasteiger partial charge on any atom is -0.544 e. The number of halogens is 2. The van der Waals surface area contributed by atoms with Gasteiger partial charge in [-0.2, -0.15) is 0 Å². The molecule has 0 saturated heterocycles. The molecule has 0 saturated carbocycles. The van der Waals surface area contributed by atoms with Gasteiger partial charge in [0.05, 0.1) is 0 Å². The van der Waals surface area contributed by atoms with E-state index in [1.54, 1.807) is 0 Å². The van der Waals surface area contributed by atoms with Crippen LogP contribution in [0.15, 0.2) is 22.7 Å². The fraction of sp³-hybridized carbons (Fsp3) is 0.455. The van der Waals surface area contributed by atoms with E-state index >= 15 is 0 Å². The van der Waals surface area contributed by atoms with E-state index in [1.807, 2.05) is 12.1 Å². The van der Waals surface area contributed by atoms with Crippen molar-refractivity contribution in [2.45, 2.75) is 31.4 Å². The molecular weight excluding hydrogens is 336 g/mol. The highest BCUT2D eigenvalue weighted by atomic mass is 79.9. The quantitative estimate of drug-likeness (QED) is 0.542. The molecule has 0 spiro atoms. The summed E-state index contributed by atoms with van der Waals surface area (Å²) in [6.45, 7) is 8.67. The molecule has 0 aliphatic heterocycles. The molecule has 4 heteroatoms. The lowest BCUT2D eigenvalue weighted by molar-refractivity contribution is 0.556. The van der Waals surface area contributed by atoms with Crippen LogP contribution in [0.4, 0.5) is 0 Å². The highest BCUT2D eigenvalue weighted by molar-refractivity contribution is 9.11. The summed E-state index contributed by atoms with van der Waals surface area (Å²) in [5, 5.41) is 0. The molecule has 0 radical (unpaired) electrons. The van der Waals surface area contributed by atoms with Crippen molar-refractivity contribution >= 4 is 40.2 Å². The van der Waals surface area contributed by atoms with Gasteiger partial charge in [0.1, 0.15) is 5.75 Å². The predicted molar refractivity (Wildman–Crippen MR) is 75.5 cm³/mol. The standard InChI is InChI=1S/C11H16Br2OSi/c1-8(12)10-7-9(5-6-11(10)13)14-15(2,3)4/h5-8H,1-4H3. The zero-order valence-electron chi connectivity index (χ0n) is 9.47. The average Bonchev–Trinajstić information content (AvgIpc) is 2.05. The zero-order valence-corrected chi connectivity index (χ0v) is 13.6.